The van der Waals surface area contributed by atoms with Gasteiger partial charge in [-0.1, -0.05) is 34.6 Å². The predicted octanol–water partition coefficient (Wildman–Crippen LogP) is 3.12. The van der Waals surface area contributed by atoms with E-state index < -0.39 is 5.91 Å². The number of carbonyl (C=O) groups excluding carboxylic acids is 1. The molecule has 0 aliphatic heterocycles. The van der Waals surface area contributed by atoms with E-state index in [-0.39, 0.29) is 17.5 Å². The van der Waals surface area contributed by atoms with Crippen LogP contribution in [-0.2, 0) is 19.5 Å². The Morgan fingerprint density at radius 3 is 2.52 bits per heavy atom. The molecular weight excluding hydrogens is 418 g/mol. The number of hydrogen-bond acceptors (Lipinski definition) is 6. The topological polar surface area (TPSA) is 103 Å². The summed E-state index contributed by atoms with van der Waals surface area (Å²) in [6, 6.07) is 13.3. The molecule has 1 amide bonds. The zero-order valence-corrected chi connectivity index (χ0v) is 18.8. The van der Waals surface area contributed by atoms with E-state index in [9.17, 15) is 9.59 Å². The third-order valence-corrected chi connectivity index (χ3v) is 5.73. The highest BCUT2D eigenvalue weighted by atomic mass is 16.6. The minimum atomic E-state index is -0.450. The van der Waals surface area contributed by atoms with Gasteiger partial charge >= 0.3 is 0 Å². The van der Waals surface area contributed by atoms with Gasteiger partial charge in [-0.25, -0.2) is 4.63 Å². The van der Waals surface area contributed by atoms with Gasteiger partial charge in [-0.3, -0.25) is 14.6 Å². The Labute approximate surface area is 191 Å². The fourth-order valence-corrected chi connectivity index (χ4v) is 3.80. The van der Waals surface area contributed by atoms with Crippen LogP contribution in [0.1, 0.15) is 49.8 Å². The lowest BCUT2D eigenvalue weighted by Gasteiger charge is -2.21. The van der Waals surface area contributed by atoms with Crippen LogP contribution in [0.4, 0.5) is 0 Å². The van der Waals surface area contributed by atoms with Crippen LogP contribution in [0, 0.1) is 20.8 Å². The molecule has 0 spiro atoms. The minimum Gasteiger partial charge on any atom is -0.346 e. The van der Waals surface area contributed by atoms with Crippen LogP contribution >= 0.6 is 0 Å². The molecule has 0 aliphatic carbocycles. The Balaban J connectivity index is 1.79. The number of aromatic nitrogens is 4. The number of nitrogens with one attached hydrogen (secondary N) is 1. The highest BCUT2D eigenvalue weighted by Gasteiger charge is 2.22. The van der Waals surface area contributed by atoms with Gasteiger partial charge in [0.05, 0.1) is 6.54 Å². The van der Waals surface area contributed by atoms with Crippen LogP contribution in [0.3, 0.4) is 0 Å². The molecule has 168 valence electrons. The summed E-state index contributed by atoms with van der Waals surface area (Å²) < 4.78 is 6.73. The maximum Gasteiger partial charge on any atom is 0.257 e. The third kappa shape index (κ3) is 4.90. The first-order chi connectivity index (χ1) is 15.9. The van der Waals surface area contributed by atoms with E-state index in [1.54, 1.807) is 19.3 Å². The molecule has 3 heterocycles. The van der Waals surface area contributed by atoms with E-state index in [0.29, 0.717) is 30.0 Å². The monoisotopic (exact) mass is 443 g/mol. The Morgan fingerprint density at radius 1 is 1.06 bits per heavy atom. The first-order valence-electron chi connectivity index (χ1n) is 10.7. The second-order valence-electron chi connectivity index (χ2n) is 8.00. The molecule has 4 rings (SSSR count). The smallest absolute Gasteiger partial charge is 0.257 e. The van der Waals surface area contributed by atoms with Crippen molar-refractivity contribution in [3.05, 3.63) is 110 Å². The molecule has 0 radical (unpaired) electrons. The molecule has 8 heteroatoms. The van der Waals surface area contributed by atoms with Crippen LogP contribution < -0.4 is 10.7 Å². The molecule has 4 aromatic rings. The molecule has 0 fully saturated rings. The van der Waals surface area contributed by atoms with E-state index in [1.807, 2.05) is 54.8 Å². The number of nitrogens with zero attached hydrogens (tertiary/aromatic N) is 4. The van der Waals surface area contributed by atoms with Crippen LogP contribution in [-0.4, -0.2) is 25.8 Å². The van der Waals surface area contributed by atoms with Gasteiger partial charge < -0.3 is 9.88 Å². The molecule has 0 saturated heterocycles. The van der Waals surface area contributed by atoms with Gasteiger partial charge in [0.1, 0.15) is 17.0 Å². The maximum atomic E-state index is 13.3. The predicted molar refractivity (Wildman–Crippen MR) is 123 cm³/mol. The summed E-state index contributed by atoms with van der Waals surface area (Å²) in [4.78, 5) is 30.4. The molecule has 0 aliphatic rings. The van der Waals surface area contributed by atoms with E-state index >= 15 is 0 Å². The zero-order valence-electron chi connectivity index (χ0n) is 18.8. The van der Waals surface area contributed by atoms with Crippen LogP contribution in [0.15, 0.2) is 64.3 Å². The largest absolute Gasteiger partial charge is 0.346 e. The minimum absolute atomic E-state index is 0.121. The fourth-order valence-electron chi connectivity index (χ4n) is 3.80. The third-order valence-electron chi connectivity index (χ3n) is 5.73. The van der Waals surface area contributed by atoms with Crippen LogP contribution in [0.2, 0.25) is 0 Å². The number of hydrogen-bond donors (Lipinski definition) is 1. The number of carbonyl (C=O) groups is 1. The van der Waals surface area contributed by atoms with Crippen molar-refractivity contribution >= 4 is 5.91 Å². The summed E-state index contributed by atoms with van der Waals surface area (Å²) >= 11 is 0. The molecule has 0 atom stereocenters. The lowest BCUT2D eigenvalue weighted by Crippen LogP contribution is -2.33. The van der Waals surface area contributed by atoms with Gasteiger partial charge in [-0.05, 0) is 49.6 Å². The van der Waals surface area contributed by atoms with Gasteiger partial charge in [0.25, 0.3) is 5.91 Å². The van der Waals surface area contributed by atoms with Crippen molar-refractivity contribution in [2.24, 2.45) is 0 Å². The lowest BCUT2D eigenvalue weighted by molar-refractivity contribution is 0.0947. The Kier molecular flexibility index (Phi) is 6.44. The standard InChI is InChI=1S/C25H25N5O3/c1-16-6-4-5-7-20(16)13-22-24(25(32)27-14-21-18(3)28-33-29-21)23(31)12-17(2)30(22)15-19-8-10-26-11-9-19/h4-12H,13-15H2,1-3H3,(H,27,32). The normalized spacial score (nSPS) is 10.9. The second-order valence-corrected chi connectivity index (χ2v) is 8.00. The molecule has 33 heavy (non-hydrogen) atoms. The van der Waals surface area contributed by atoms with E-state index in [2.05, 4.69) is 20.6 Å². The summed E-state index contributed by atoms with van der Waals surface area (Å²) in [5, 5.41) is 10.3. The van der Waals surface area contributed by atoms with Crippen molar-refractivity contribution in [3.8, 4) is 0 Å². The SMILES string of the molecule is Cc1ccccc1Cc1c(C(=O)NCc2nonc2C)c(=O)cc(C)n1Cc1ccncc1. The Hall–Kier alpha value is -4.07. The van der Waals surface area contributed by atoms with E-state index in [1.165, 1.54) is 6.07 Å². The molecule has 1 N–H and O–H groups in total. The summed E-state index contributed by atoms with van der Waals surface area (Å²) in [5.74, 6) is -0.450. The van der Waals surface area contributed by atoms with Gasteiger partial charge in [0, 0.05) is 42.8 Å². The summed E-state index contributed by atoms with van der Waals surface area (Å²) in [7, 11) is 0. The first-order valence-corrected chi connectivity index (χ1v) is 10.7. The average Bonchev–Trinajstić information content (AvgIpc) is 3.21. The quantitative estimate of drug-likeness (QED) is 0.471. The Morgan fingerprint density at radius 2 is 1.82 bits per heavy atom. The molecular formula is C25H25N5O3. The molecule has 3 aromatic heterocycles. The van der Waals surface area contributed by atoms with Crippen molar-refractivity contribution in [1.82, 2.24) is 25.2 Å². The molecule has 0 bridgehead atoms. The van der Waals surface area contributed by atoms with Crippen molar-refractivity contribution in [2.45, 2.75) is 40.3 Å². The highest BCUT2D eigenvalue weighted by molar-refractivity contribution is 5.95. The first kappa shape index (κ1) is 22.1. The molecule has 0 saturated carbocycles. The van der Waals surface area contributed by atoms with Gasteiger partial charge in [0.15, 0.2) is 5.43 Å². The summed E-state index contributed by atoms with van der Waals surface area (Å²) in [6.07, 6.45) is 3.91. The van der Waals surface area contributed by atoms with E-state index in [4.69, 9.17) is 4.63 Å². The zero-order chi connectivity index (χ0) is 23.4. The molecule has 8 nitrogen and oxygen atoms in total. The van der Waals surface area contributed by atoms with Gasteiger partial charge in [-0.2, -0.15) is 0 Å². The number of rotatable bonds is 7. The van der Waals surface area contributed by atoms with Crippen molar-refractivity contribution < 1.29 is 9.42 Å². The lowest BCUT2D eigenvalue weighted by atomic mass is 9.99. The Bertz CT molecular complexity index is 1340. The number of pyridine rings is 2. The molecule has 0 unspecified atom stereocenters. The highest BCUT2D eigenvalue weighted by Crippen LogP contribution is 2.19. The van der Waals surface area contributed by atoms with E-state index in [0.717, 1.165) is 22.4 Å². The van der Waals surface area contributed by atoms with Crippen LogP contribution in [0.25, 0.3) is 0 Å². The summed E-state index contributed by atoms with van der Waals surface area (Å²) in [6.45, 7) is 6.29. The number of amides is 1. The average molecular weight is 444 g/mol. The summed E-state index contributed by atoms with van der Waals surface area (Å²) in [5.41, 5.74) is 5.56. The van der Waals surface area contributed by atoms with Gasteiger partial charge in [-0.15, -0.1) is 0 Å². The maximum absolute atomic E-state index is 13.3. The van der Waals surface area contributed by atoms with Crippen molar-refractivity contribution in [3.63, 3.8) is 0 Å². The van der Waals surface area contributed by atoms with Crippen molar-refractivity contribution in [1.29, 1.82) is 0 Å². The van der Waals surface area contributed by atoms with Crippen LogP contribution in [0.5, 0.6) is 0 Å². The number of benzene rings is 1. The number of aryl methyl sites for hydroxylation is 3. The van der Waals surface area contributed by atoms with Crippen molar-refractivity contribution in [2.75, 3.05) is 0 Å². The fraction of sp³-hybridized carbons (Fsp3) is 0.240. The van der Waals surface area contributed by atoms with Gasteiger partial charge in [0.2, 0.25) is 0 Å². The second kappa shape index (κ2) is 9.60. The molecule has 1 aromatic carbocycles.